The second-order valence-corrected chi connectivity index (χ2v) is 4.83. The van der Waals surface area contributed by atoms with Crippen LogP contribution in [0.3, 0.4) is 0 Å². The molecule has 1 amide bonds. The molecule has 2 heterocycles. The third-order valence-electron chi connectivity index (χ3n) is 3.30. The maximum atomic E-state index is 12.3. The van der Waals surface area contributed by atoms with E-state index in [-0.39, 0.29) is 5.91 Å². The molecule has 0 unspecified atom stereocenters. The van der Waals surface area contributed by atoms with Gasteiger partial charge in [-0.2, -0.15) is 0 Å². The Morgan fingerprint density at radius 2 is 2.00 bits per heavy atom. The molecule has 0 bridgehead atoms. The van der Waals surface area contributed by atoms with Gasteiger partial charge in [-0.05, 0) is 32.9 Å². The SMILES string of the molecule is CCN(CC)c1cc(C(=O)NCc2ccccn2)nc(C)n1. The van der Waals surface area contributed by atoms with Crippen molar-refractivity contribution in [3.8, 4) is 0 Å². The van der Waals surface area contributed by atoms with E-state index in [4.69, 9.17) is 0 Å². The number of hydrogen-bond acceptors (Lipinski definition) is 5. The van der Waals surface area contributed by atoms with Gasteiger partial charge in [0.05, 0.1) is 12.2 Å². The second-order valence-electron chi connectivity index (χ2n) is 4.83. The van der Waals surface area contributed by atoms with Crippen LogP contribution in [0, 0.1) is 6.92 Å². The van der Waals surface area contributed by atoms with Crippen LogP contribution in [0.1, 0.15) is 35.9 Å². The van der Waals surface area contributed by atoms with Gasteiger partial charge in [0.15, 0.2) is 0 Å². The number of hydrogen-bond donors (Lipinski definition) is 1. The van der Waals surface area contributed by atoms with Gasteiger partial charge in [0.2, 0.25) is 0 Å². The van der Waals surface area contributed by atoms with Crippen molar-refractivity contribution in [2.75, 3.05) is 18.0 Å². The zero-order valence-electron chi connectivity index (χ0n) is 13.2. The van der Waals surface area contributed by atoms with Crippen molar-refractivity contribution in [1.29, 1.82) is 0 Å². The zero-order valence-corrected chi connectivity index (χ0v) is 13.2. The molecule has 6 heteroatoms. The number of anilines is 1. The fourth-order valence-electron chi connectivity index (χ4n) is 2.14. The maximum Gasteiger partial charge on any atom is 0.270 e. The smallest absolute Gasteiger partial charge is 0.270 e. The number of carbonyl (C=O) groups is 1. The lowest BCUT2D eigenvalue weighted by atomic mass is 10.3. The van der Waals surface area contributed by atoms with Crippen molar-refractivity contribution < 1.29 is 4.79 Å². The first kappa shape index (κ1) is 15.9. The molecule has 0 spiro atoms. The standard InChI is InChI=1S/C16H21N5O/c1-4-21(5-2)15-10-14(19-12(3)20-15)16(22)18-11-13-8-6-7-9-17-13/h6-10H,4-5,11H2,1-3H3,(H,18,22). The molecule has 22 heavy (non-hydrogen) atoms. The van der Waals surface area contributed by atoms with Crippen LogP contribution in [0.25, 0.3) is 0 Å². The molecular formula is C16H21N5O. The molecule has 0 atom stereocenters. The van der Waals surface area contributed by atoms with Crippen LogP contribution in [0.2, 0.25) is 0 Å². The predicted molar refractivity (Wildman–Crippen MR) is 85.7 cm³/mol. The summed E-state index contributed by atoms with van der Waals surface area (Å²) < 4.78 is 0. The summed E-state index contributed by atoms with van der Waals surface area (Å²) in [4.78, 5) is 27.2. The van der Waals surface area contributed by atoms with E-state index in [1.807, 2.05) is 18.2 Å². The van der Waals surface area contributed by atoms with Crippen LogP contribution in [0.15, 0.2) is 30.5 Å². The van der Waals surface area contributed by atoms with Gasteiger partial charge >= 0.3 is 0 Å². The normalized spacial score (nSPS) is 10.3. The summed E-state index contributed by atoms with van der Waals surface area (Å²) in [5, 5.41) is 2.83. The minimum atomic E-state index is -0.218. The van der Waals surface area contributed by atoms with E-state index in [0.29, 0.717) is 18.1 Å². The minimum absolute atomic E-state index is 0.218. The van der Waals surface area contributed by atoms with Gasteiger partial charge in [0, 0.05) is 25.4 Å². The van der Waals surface area contributed by atoms with Crippen molar-refractivity contribution in [3.05, 3.63) is 47.7 Å². The Morgan fingerprint density at radius 3 is 2.64 bits per heavy atom. The van der Waals surface area contributed by atoms with Gasteiger partial charge < -0.3 is 10.2 Å². The maximum absolute atomic E-state index is 12.3. The van der Waals surface area contributed by atoms with Gasteiger partial charge in [0.1, 0.15) is 17.3 Å². The quantitative estimate of drug-likeness (QED) is 0.883. The number of rotatable bonds is 6. The first-order valence-electron chi connectivity index (χ1n) is 7.42. The summed E-state index contributed by atoms with van der Waals surface area (Å²) in [6, 6.07) is 7.33. The molecule has 1 N–H and O–H groups in total. The van der Waals surface area contributed by atoms with E-state index >= 15 is 0 Å². The van der Waals surface area contributed by atoms with Crippen molar-refractivity contribution >= 4 is 11.7 Å². The van der Waals surface area contributed by atoms with Crippen LogP contribution < -0.4 is 10.2 Å². The van der Waals surface area contributed by atoms with Crippen LogP contribution in [-0.2, 0) is 6.54 Å². The minimum Gasteiger partial charge on any atom is -0.357 e. The molecule has 0 aliphatic carbocycles. The fourth-order valence-corrected chi connectivity index (χ4v) is 2.14. The molecule has 0 radical (unpaired) electrons. The van der Waals surface area contributed by atoms with Gasteiger partial charge in [-0.25, -0.2) is 9.97 Å². The van der Waals surface area contributed by atoms with E-state index in [0.717, 1.165) is 24.6 Å². The number of carbonyl (C=O) groups excluding carboxylic acids is 1. The third-order valence-corrected chi connectivity index (χ3v) is 3.30. The predicted octanol–water partition coefficient (Wildman–Crippen LogP) is 1.96. The molecule has 0 aromatic carbocycles. The Hall–Kier alpha value is -2.50. The third kappa shape index (κ3) is 4.00. The second kappa shape index (κ2) is 7.49. The van der Waals surface area contributed by atoms with Crippen molar-refractivity contribution in [2.45, 2.75) is 27.3 Å². The molecule has 2 aromatic rings. The average molecular weight is 299 g/mol. The van der Waals surface area contributed by atoms with Crippen molar-refractivity contribution in [1.82, 2.24) is 20.3 Å². The molecule has 0 aliphatic heterocycles. The van der Waals surface area contributed by atoms with Crippen LogP contribution >= 0.6 is 0 Å². The number of nitrogens with zero attached hydrogens (tertiary/aromatic N) is 4. The van der Waals surface area contributed by atoms with Crippen LogP contribution in [0.5, 0.6) is 0 Å². The Morgan fingerprint density at radius 1 is 1.23 bits per heavy atom. The highest BCUT2D eigenvalue weighted by molar-refractivity contribution is 5.92. The van der Waals surface area contributed by atoms with Crippen LogP contribution in [-0.4, -0.2) is 33.9 Å². The molecule has 2 aromatic heterocycles. The van der Waals surface area contributed by atoms with E-state index in [1.165, 1.54) is 0 Å². The summed E-state index contributed by atoms with van der Waals surface area (Å²) in [7, 11) is 0. The van der Waals surface area contributed by atoms with Gasteiger partial charge in [0.25, 0.3) is 5.91 Å². The Bertz CT molecular complexity index is 626. The molecule has 116 valence electrons. The average Bonchev–Trinajstić information content (AvgIpc) is 2.54. The summed E-state index contributed by atoms with van der Waals surface area (Å²) >= 11 is 0. The van der Waals surface area contributed by atoms with Crippen LogP contribution in [0.4, 0.5) is 5.82 Å². The monoisotopic (exact) mass is 299 g/mol. The zero-order chi connectivity index (χ0) is 15.9. The van der Waals surface area contributed by atoms with Crippen molar-refractivity contribution in [3.63, 3.8) is 0 Å². The lowest BCUT2D eigenvalue weighted by Crippen LogP contribution is -2.27. The number of nitrogens with one attached hydrogen (secondary N) is 1. The number of pyridine rings is 1. The van der Waals surface area contributed by atoms with Gasteiger partial charge in [-0.15, -0.1) is 0 Å². The van der Waals surface area contributed by atoms with Crippen molar-refractivity contribution in [2.24, 2.45) is 0 Å². The number of aryl methyl sites for hydroxylation is 1. The largest absolute Gasteiger partial charge is 0.357 e. The Kier molecular flexibility index (Phi) is 5.41. The molecule has 2 rings (SSSR count). The fraction of sp³-hybridized carbons (Fsp3) is 0.375. The van der Waals surface area contributed by atoms with E-state index < -0.39 is 0 Å². The highest BCUT2D eigenvalue weighted by Crippen LogP contribution is 2.12. The summed E-state index contributed by atoms with van der Waals surface area (Å²) in [6.07, 6.45) is 1.70. The molecule has 0 fully saturated rings. The van der Waals surface area contributed by atoms with E-state index in [9.17, 15) is 4.79 Å². The summed E-state index contributed by atoms with van der Waals surface area (Å²) in [6.45, 7) is 7.96. The lowest BCUT2D eigenvalue weighted by Gasteiger charge is -2.20. The van der Waals surface area contributed by atoms with Gasteiger partial charge in [-0.1, -0.05) is 6.07 Å². The highest BCUT2D eigenvalue weighted by atomic mass is 16.1. The first-order valence-corrected chi connectivity index (χ1v) is 7.42. The molecule has 0 saturated heterocycles. The lowest BCUT2D eigenvalue weighted by molar-refractivity contribution is 0.0945. The molecule has 6 nitrogen and oxygen atoms in total. The molecular weight excluding hydrogens is 278 g/mol. The first-order chi connectivity index (χ1) is 10.6. The topological polar surface area (TPSA) is 71.0 Å². The highest BCUT2D eigenvalue weighted by Gasteiger charge is 2.13. The van der Waals surface area contributed by atoms with Gasteiger partial charge in [-0.3, -0.25) is 9.78 Å². The molecule has 0 saturated carbocycles. The number of amides is 1. The summed E-state index contributed by atoms with van der Waals surface area (Å²) in [5.41, 5.74) is 1.19. The molecule has 0 aliphatic rings. The number of aromatic nitrogens is 3. The Labute approximate surface area is 130 Å². The summed E-state index contributed by atoms with van der Waals surface area (Å²) in [5.74, 6) is 1.15. The van der Waals surface area contributed by atoms with E-state index in [2.05, 4.69) is 39.0 Å². The van der Waals surface area contributed by atoms with E-state index in [1.54, 1.807) is 19.2 Å². The Balaban J connectivity index is 2.12.